The van der Waals surface area contributed by atoms with Crippen molar-refractivity contribution in [3.05, 3.63) is 29.6 Å². The third-order valence-electron chi connectivity index (χ3n) is 3.37. The number of ether oxygens (including phenoxy) is 1. The molecule has 0 radical (unpaired) electrons. The average molecular weight is 254 g/mol. The Hall–Kier alpha value is -1.13. The van der Waals surface area contributed by atoms with Crippen LogP contribution in [0.1, 0.15) is 44.3 Å². The Morgan fingerprint density at radius 1 is 1.33 bits per heavy atom. The molecule has 1 aliphatic rings. The van der Waals surface area contributed by atoms with Crippen LogP contribution in [0.5, 0.6) is 5.75 Å². The van der Waals surface area contributed by atoms with Crippen molar-refractivity contribution in [1.82, 2.24) is 0 Å². The van der Waals surface area contributed by atoms with Crippen LogP contribution < -0.4 is 4.74 Å². The van der Waals surface area contributed by atoms with E-state index in [0.717, 1.165) is 25.7 Å². The molecule has 1 aromatic carbocycles. The van der Waals surface area contributed by atoms with Crippen molar-refractivity contribution >= 4 is 0 Å². The first kappa shape index (κ1) is 13.3. The van der Waals surface area contributed by atoms with E-state index in [1.165, 1.54) is 18.2 Å². The van der Waals surface area contributed by atoms with E-state index < -0.39 is 18.0 Å². The summed E-state index contributed by atoms with van der Waals surface area (Å²) in [7, 11) is 0. The van der Waals surface area contributed by atoms with Crippen molar-refractivity contribution in [1.29, 1.82) is 0 Å². The topological polar surface area (TPSA) is 49.7 Å². The molecule has 4 heteroatoms. The van der Waals surface area contributed by atoms with Crippen LogP contribution in [0.25, 0.3) is 0 Å². The first-order valence-corrected chi connectivity index (χ1v) is 6.40. The van der Waals surface area contributed by atoms with E-state index in [-0.39, 0.29) is 6.10 Å². The van der Waals surface area contributed by atoms with Gasteiger partial charge in [-0.25, -0.2) is 4.39 Å². The van der Waals surface area contributed by atoms with Crippen LogP contribution in [0.4, 0.5) is 4.39 Å². The molecule has 0 amide bonds. The summed E-state index contributed by atoms with van der Waals surface area (Å²) in [6.07, 6.45) is 2.01. The van der Waals surface area contributed by atoms with Crippen molar-refractivity contribution in [2.45, 2.75) is 50.9 Å². The molecule has 0 bridgehead atoms. The lowest BCUT2D eigenvalue weighted by molar-refractivity contribution is 0.00523. The largest absolute Gasteiger partial charge is 0.487 e. The fourth-order valence-corrected chi connectivity index (χ4v) is 2.33. The third kappa shape index (κ3) is 3.00. The van der Waals surface area contributed by atoms with E-state index in [2.05, 4.69) is 0 Å². The smallest absolute Gasteiger partial charge is 0.125 e. The minimum absolute atomic E-state index is 0.262. The monoisotopic (exact) mass is 254 g/mol. The quantitative estimate of drug-likeness (QED) is 0.871. The number of aliphatic hydroxyl groups is 2. The van der Waals surface area contributed by atoms with Crippen LogP contribution in [0.15, 0.2) is 18.2 Å². The first-order chi connectivity index (χ1) is 8.58. The fraction of sp³-hybridized carbons (Fsp3) is 0.571. The Balaban J connectivity index is 2.17. The highest BCUT2D eigenvalue weighted by Crippen LogP contribution is 2.30. The number of halogens is 1. The van der Waals surface area contributed by atoms with Crippen LogP contribution in [0.2, 0.25) is 0 Å². The molecule has 3 atom stereocenters. The first-order valence-electron chi connectivity index (χ1n) is 6.40. The molecule has 0 aliphatic heterocycles. The molecular formula is C14H19FO3. The summed E-state index contributed by atoms with van der Waals surface area (Å²) in [5, 5.41) is 19.5. The van der Waals surface area contributed by atoms with Crippen LogP contribution in [-0.4, -0.2) is 22.4 Å². The second-order valence-corrected chi connectivity index (χ2v) is 4.87. The van der Waals surface area contributed by atoms with Gasteiger partial charge in [0.1, 0.15) is 17.7 Å². The Bertz CT molecular complexity index is 406. The van der Waals surface area contributed by atoms with Gasteiger partial charge in [0.15, 0.2) is 0 Å². The van der Waals surface area contributed by atoms with E-state index in [1.807, 2.05) is 0 Å². The second kappa shape index (κ2) is 5.67. The number of hydrogen-bond donors (Lipinski definition) is 2. The summed E-state index contributed by atoms with van der Waals surface area (Å²) >= 11 is 0. The van der Waals surface area contributed by atoms with Crippen molar-refractivity contribution in [2.75, 3.05) is 0 Å². The Morgan fingerprint density at radius 2 is 2.06 bits per heavy atom. The third-order valence-corrected chi connectivity index (χ3v) is 3.37. The highest BCUT2D eigenvalue weighted by molar-refractivity contribution is 5.35. The van der Waals surface area contributed by atoms with E-state index in [4.69, 9.17) is 4.74 Å². The summed E-state index contributed by atoms with van der Waals surface area (Å²) in [6, 6.07) is 4.09. The predicted octanol–water partition coefficient (Wildman–Crippen LogP) is 2.56. The van der Waals surface area contributed by atoms with Gasteiger partial charge in [0, 0.05) is 5.56 Å². The van der Waals surface area contributed by atoms with Gasteiger partial charge in [0.2, 0.25) is 0 Å². The van der Waals surface area contributed by atoms with Gasteiger partial charge in [-0.05, 0) is 44.4 Å². The summed E-state index contributed by atoms with van der Waals surface area (Å²) in [5.41, 5.74) is 0.424. The van der Waals surface area contributed by atoms with Gasteiger partial charge in [0.05, 0.1) is 12.2 Å². The van der Waals surface area contributed by atoms with Gasteiger partial charge < -0.3 is 14.9 Å². The van der Waals surface area contributed by atoms with Gasteiger partial charge >= 0.3 is 0 Å². The second-order valence-electron chi connectivity index (χ2n) is 4.87. The number of aliphatic hydroxyl groups excluding tert-OH is 2. The van der Waals surface area contributed by atoms with E-state index >= 15 is 0 Å². The normalized spacial score (nSPS) is 25.8. The SMILES string of the molecule is C[C@@H](O)c1cc(F)ccc1OC1CCCCC1O. The summed E-state index contributed by atoms with van der Waals surface area (Å²) in [6.45, 7) is 1.57. The van der Waals surface area contributed by atoms with E-state index in [1.54, 1.807) is 6.92 Å². The Kier molecular flexibility index (Phi) is 4.19. The zero-order valence-corrected chi connectivity index (χ0v) is 10.5. The maximum absolute atomic E-state index is 13.1. The van der Waals surface area contributed by atoms with E-state index in [9.17, 15) is 14.6 Å². The zero-order valence-electron chi connectivity index (χ0n) is 10.5. The lowest BCUT2D eigenvalue weighted by Crippen LogP contribution is -2.34. The molecule has 2 N–H and O–H groups in total. The molecule has 0 heterocycles. The lowest BCUT2D eigenvalue weighted by Gasteiger charge is -2.29. The molecule has 1 aliphatic carbocycles. The summed E-state index contributed by atoms with van der Waals surface area (Å²) in [4.78, 5) is 0. The number of hydrogen-bond acceptors (Lipinski definition) is 3. The highest BCUT2D eigenvalue weighted by Gasteiger charge is 2.25. The van der Waals surface area contributed by atoms with Crippen LogP contribution in [-0.2, 0) is 0 Å². The van der Waals surface area contributed by atoms with Gasteiger partial charge in [0.25, 0.3) is 0 Å². The molecule has 1 aromatic rings. The Morgan fingerprint density at radius 3 is 2.72 bits per heavy atom. The average Bonchev–Trinajstić information content (AvgIpc) is 2.34. The molecule has 100 valence electrons. The Labute approximate surface area is 106 Å². The van der Waals surface area contributed by atoms with Crippen LogP contribution in [0, 0.1) is 5.82 Å². The van der Waals surface area contributed by atoms with Gasteiger partial charge in [-0.2, -0.15) is 0 Å². The molecule has 0 spiro atoms. The summed E-state index contributed by atoms with van der Waals surface area (Å²) in [5.74, 6) is 0.0554. The van der Waals surface area contributed by atoms with Crippen LogP contribution in [0.3, 0.4) is 0 Å². The van der Waals surface area contributed by atoms with Crippen LogP contribution >= 0.6 is 0 Å². The molecule has 1 saturated carbocycles. The minimum Gasteiger partial charge on any atom is -0.487 e. The fourth-order valence-electron chi connectivity index (χ4n) is 2.33. The van der Waals surface area contributed by atoms with Gasteiger partial charge in [-0.1, -0.05) is 6.42 Å². The molecule has 2 unspecified atom stereocenters. The molecule has 0 saturated heterocycles. The van der Waals surface area contributed by atoms with Crippen molar-refractivity contribution in [3.8, 4) is 5.75 Å². The number of rotatable bonds is 3. The summed E-state index contributed by atoms with van der Waals surface area (Å²) < 4.78 is 18.9. The van der Waals surface area contributed by atoms with Gasteiger partial charge in [-0.3, -0.25) is 0 Å². The van der Waals surface area contributed by atoms with Crippen molar-refractivity contribution in [3.63, 3.8) is 0 Å². The van der Waals surface area contributed by atoms with E-state index in [0.29, 0.717) is 11.3 Å². The lowest BCUT2D eigenvalue weighted by atomic mass is 9.94. The zero-order chi connectivity index (χ0) is 13.1. The maximum atomic E-state index is 13.1. The molecule has 3 nitrogen and oxygen atoms in total. The highest BCUT2D eigenvalue weighted by atomic mass is 19.1. The molecule has 1 fully saturated rings. The molecular weight excluding hydrogens is 235 g/mol. The molecule has 0 aromatic heterocycles. The molecule has 2 rings (SSSR count). The van der Waals surface area contributed by atoms with Crippen molar-refractivity contribution < 1.29 is 19.3 Å². The van der Waals surface area contributed by atoms with Gasteiger partial charge in [-0.15, -0.1) is 0 Å². The minimum atomic E-state index is -0.795. The van der Waals surface area contributed by atoms with Crippen molar-refractivity contribution in [2.24, 2.45) is 0 Å². The predicted molar refractivity (Wildman–Crippen MR) is 65.9 cm³/mol. The maximum Gasteiger partial charge on any atom is 0.125 e. The standard InChI is InChI=1S/C14H19FO3/c1-9(16)11-8-10(15)6-7-13(11)18-14-5-3-2-4-12(14)17/h6-9,12,14,16-17H,2-5H2,1H3/t9-,12?,14?/m1/s1. The number of benzene rings is 1. The molecule has 18 heavy (non-hydrogen) atoms.